The van der Waals surface area contributed by atoms with Crippen molar-refractivity contribution in [3.05, 3.63) is 47.3 Å². The minimum absolute atomic E-state index is 0.0270. The number of hydrogen-bond acceptors (Lipinski definition) is 4. The maximum absolute atomic E-state index is 12.5. The number of H-pyrrole nitrogens is 1. The highest BCUT2D eigenvalue weighted by Gasteiger charge is 2.27. The molecule has 29 heavy (non-hydrogen) atoms. The van der Waals surface area contributed by atoms with Crippen molar-refractivity contribution in [3.8, 4) is 0 Å². The Morgan fingerprint density at radius 3 is 2.59 bits per heavy atom. The lowest BCUT2D eigenvalue weighted by molar-refractivity contribution is 0.0825. The van der Waals surface area contributed by atoms with E-state index in [2.05, 4.69) is 44.3 Å². The number of aromatic nitrogens is 2. The van der Waals surface area contributed by atoms with E-state index < -0.39 is 0 Å². The normalized spacial score (nSPS) is 20.6. The molecule has 2 fully saturated rings. The Labute approximate surface area is 173 Å². The predicted octanol–water partition coefficient (Wildman–Crippen LogP) is 3.48. The Balaban J connectivity index is 1.39. The second kappa shape index (κ2) is 8.99. The molecule has 1 aromatic heterocycles. The standard InChI is InChI=1S/C23H33N5O/c1-26(2)23(29)21-15-24-25-22(21)19-7-6-12-27(17-19)16-18-8-10-20(11-9-18)28-13-4-3-5-14-28/h8-11,15,19H,3-7,12-14,16-17H2,1-2H3,(H,24,25). The zero-order valence-corrected chi connectivity index (χ0v) is 17.7. The molecule has 1 N–H and O–H groups in total. The molecule has 4 rings (SSSR count). The molecule has 2 saturated heterocycles. The van der Waals surface area contributed by atoms with Crippen molar-refractivity contribution >= 4 is 11.6 Å². The SMILES string of the molecule is CN(C)C(=O)c1cn[nH]c1C1CCCN(Cc2ccc(N3CCCCC3)cc2)C1. The van der Waals surface area contributed by atoms with Crippen LogP contribution in [0.4, 0.5) is 5.69 Å². The Kier molecular flexibility index (Phi) is 6.19. The van der Waals surface area contributed by atoms with Gasteiger partial charge in [-0.25, -0.2) is 0 Å². The zero-order valence-electron chi connectivity index (χ0n) is 17.7. The van der Waals surface area contributed by atoms with Crippen molar-refractivity contribution in [2.24, 2.45) is 0 Å². The lowest BCUT2D eigenvalue weighted by Crippen LogP contribution is -2.35. The van der Waals surface area contributed by atoms with Gasteiger partial charge in [0.2, 0.25) is 0 Å². The number of aromatic amines is 1. The largest absolute Gasteiger partial charge is 0.372 e. The third-order valence-electron chi connectivity index (χ3n) is 6.28. The summed E-state index contributed by atoms with van der Waals surface area (Å²) in [4.78, 5) is 19.1. The molecule has 3 heterocycles. The minimum atomic E-state index is 0.0270. The maximum atomic E-state index is 12.5. The van der Waals surface area contributed by atoms with E-state index in [1.54, 1.807) is 25.2 Å². The van der Waals surface area contributed by atoms with Crippen LogP contribution in [0.5, 0.6) is 0 Å². The highest BCUT2D eigenvalue weighted by atomic mass is 16.2. The van der Waals surface area contributed by atoms with Gasteiger partial charge in [-0.2, -0.15) is 5.10 Å². The van der Waals surface area contributed by atoms with Crippen molar-refractivity contribution in [1.29, 1.82) is 0 Å². The molecular weight excluding hydrogens is 362 g/mol. The third kappa shape index (κ3) is 4.64. The molecule has 6 heteroatoms. The summed E-state index contributed by atoms with van der Waals surface area (Å²) in [5.41, 5.74) is 4.43. The summed E-state index contributed by atoms with van der Waals surface area (Å²) in [6.07, 6.45) is 7.90. The zero-order chi connectivity index (χ0) is 20.2. The lowest BCUT2D eigenvalue weighted by atomic mass is 9.92. The number of amides is 1. The molecule has 0 bridgehead atoms. The third-order valence-corrected chi connectivity index (χ3v) is 6.28. The molecule has 0 aliphatic carbocycles. The van der Waals surface area contributed by atoms with Crippen LogP contribution in [0.15, 0.2) is 30.5 Å². The van der Waals surface area contributed by atoms with E-state index in [4.69, 9.17) is 0 Å². The summed E-state index contributed by atoms with van der Waals surface area (Å²) in [5.74, 6) is 0.358. The predicted molar refractivity (Wildman–Crippen MR) is 116 cm³/mol. The number of nitrogens with one attached hydrogen (secondary N) is 1. The van der Waals surface area contributed by atoms with Crippen molar-refractivity contribution in [2.75, 3.05) is 45.2 Å². The van der Waals surface area contributed by atoms with Gasteiger partial charge in [-0.3, -0.25) is 14.8 Å². The number of hydrogen-bond donors (Lipinski definition) is 1. The summed E-state index contributed by atoms with van der Waals surface area (Å²) >= 11 is 0. The average molecular weight is 396 g/mol. The molecule has 1 atom stereocenters. The number of benzene rings is 1. The molecule has 156 valence electrons. The van der Waals surface area contributed by atoms with E-state index in [1.165, 1.54) is 43.6 Å². The van der Waals surface area contributed by atoms with Crippen molar-refractivity contribution in [2.45, 2.75) is 44.6 Å². The van der Waals surface area contributed by atoms with Crippen LogP contribution >= 0.6 is 0 Å². The maximum Gasteiger partial charge on any atom is 0.256 e. The number of piperidine rings is 2. The second-order valence-electron chi connectivity index (χ2n) is 8.69. The first kappa shape index (κ1) is 20.0. The molecule has 6 nitrogen and oxygen atoms in total. The topological polar surface area (TPSA) is 55.5 Å². The first-order valence-electron chi connectivity index (χ1n) is 10.9. The van der Waals surface area contributed by atoms with Crippen molar-refractivity contribution in [3.63, 3.8) is 0 Å². The molecule has 1 aromatic carbocycles. The number of carbonyl (C=O) groups is 1. The molecular formula is C23H33N5O. The van der Waals surface area contributed by atoms with Crippen LogP contribution in [0.3, 0.4) is 0 Å². The van der Waals surface area contributed by atoms with Crippen LogP contribution in [-0.4, -0.2) is 66.2 Å². The molecule has 2 aromatic rings. The Morgan fingerprint density at radius 2 is 1.86 bits per heavy atom. The number of rotatable bonds is 5. The van der Waals surface area contributed by atoms with E-state index >= 15 is 0 Å². The van der Waals surface area contributed by atoms with Crippen molar-refractivity contribution in [1.82, 2.24) is 20.0 Å². The van der Waals surface area contributed by atoms with Crippen LogP contribution in [-0.2, 0) is 6.54 Å². The quantitative estimate of drug-likeness (QED) is 0.842. The first-order chi connectivity index (χ1) is 14.1. The second-order valence-corrected chi connectivity index (χ2v) is 8.69. The number of likely N-dealkylation sites (tertiary alicyclic amines) is 1. The van der Waals surface area contributed by atoms with Crippen LogP contribution in [0.1, 0.15) is 59.6 Å². The summed E-state index contributed by atoms with van der Waals surface area (Å²) in [5, 5.41) is 7.28. The molecule has 0 spiro atoms. The lowest BCUT2D eigenvalue weighted by Gasteiger charge is -2.33. The Morgan fingerprint density at radius 1 is 1.10 bits per heavy atom. The van der Waals surface area contributed by atoms with Gasteiger partial charge in [-0.05, 0) is 56.3 Å². The van der Waals surface area contributed by atoms with Gasteiger partial charge >= 0.3 is 0 Å². The fraction of sp³-hybridized carbons (Fsp3) is 0.565. The highest BCUT2D eigenvalue weighted by Crippen LogP contribution is 2.29. The van der Waals surface area contributed by atoms with E-state index in [0.29, 0.717) is 11.5 Å². The molecule has 1 amide bonds. The summed E-state index contributed by atoms with van der Waals surface area (Å²) in [6.45, 7) is 5.40. The number of nitrogens with zero attached hydrogens (tertiary/aromatic N) is 4. The first-order valence-corrected chi connectivity index (χ1v) is 10.9. The Hall–Kier alpha value is -2.34. The van der Waals surface area contributed by atoms with Gasteiger partial charge in [-0.1, -0.05) is 12.1 Å². The van der Waals surface area contributed by atoms with Gasteiger partial charge in [0.25, 0.3) is 5.91 Å². The summed E-state index contributed by atoms with van der Waals surface area (Å²) in [6, 6.07) is 9.13. The minimum Gasteiger partial charge on any atom is -0.372 e. The molecule has 0 saturated carbocycles. The molecule has 2 aliphatic rings. The van der Waals surface area contributed by atoms with Gasteiger partial charge in [0.1, 0.15) is 0 Å². The van der Waals surface area contributed by atoms with E-state index in [-0.39, 0.29) is 5.91 Å². The van der Waals surface area contributed by atoms with E-state index in [0.717, 1.165) is 38.2 Å². The van der Waals surface area contributed by atoms with Crippen LogP contribution in [0.25, 0.3) is 0 Å². The molecule has 1 unspecified atom stereocenters. The van der Waals surface area contributed by atoms with Gasteiger partial charge < -0.3 is 9.80 Å². The highest BCUT2D eigenvalue weighted by molar-refractivity contribution is 5.94. The number of anilines is 1. The summed E-state index contributed by atoms with van der Waals surface area (Å²) < 4.78 is 0. The Bertz CT molecular complexity index is 807. The fourth-order valence-electron chi connectivity index (χ4n) is 4.68. The molecule has 2 aliphatic heterocycles. The average Bonchev–Trinajstić information content (AvgIpc) is 3.24. The van der Waals surface area contributed by atoms with Gasteiger partial charge in [0.05, 0.1) is 17.5 Å². The van der Waals surface area contributed by atoms with Crippen LogP contribution in [0, 0.1) is 0 Å². The number of carbonyl (C=O) groups excluding carboxylic acids is 1. The van der Waals surface area contributed by atoms with Gasteiger partial charge in [0.15, 0.2) is 0 Å². The van der Waals surface area contributed by atoms with Gasteiger partial charge in [0, 0.05) is 51.9 Å². The smallest absolute Gasteiger partial charge is 0.256 e. The van der Waals surface area contributed by atoms with Crippen LogP contribution < -0.4 is 4.90 Å². The molecule has 0 radical (unpaired) electrons. The van der Waals surface area contributed by atoms with E-state index in [1.807, 2.05) is 0 Å². The van der Waals surface area contributed by atoms with Gasteiger partial charge in [-0.15, -0.1) is 0 Å². The van der Waals surface area contributed by atoms with E-state index in [9.17, 15) is 4.79 Å². The fourth-order valence-corrected chi connectivity index (χ4v) is 4.68. The van der Waals surface area contributed by atoms with Crippen LogP contribution in [0.2, 0.25) is 0 Å². The van der Waals surface area contributed by atoms with Crippen molar-refractivity contribution < 1.29 is 4.79 Å². The summed E-state index contributed by atoms with van der Waals surface area (Å²) in [7, 11) is 3.58. The monoisotopic (exact) mass is 395 g/mol.